The first-order chi connectivity index (χ1) is 8.04. The van der Waals surface area contributed by atoms with E-state index >= 15 is 0 Å². The molecule has 0 aliphatic rings. The number of carbonyl (C=O) groups excluding carboxylic acids is 1. The molecule has 0 radical (unpaired) electrons. The zero-order valence-corrected chi connectivity index (χ0v) is 11.1. The number of amides is 1. The maximum Gasteiger partial charge on any atom is 0.251 e. The van der Waals surface area contributed by atoms with Gasteiger partial charge in [-0.1, -0.05) is 0 Å². The molecule has 1 aromatic carbocycles. The fourth-order valence-corrected chi connectivity index (χ4v) is 1.56. The maximum atomic E-state index is 11.7. The third kappa shape index (κ3) is 4.19. The van der Waals surface area contributed by atoms with Crippen LogP contribution in [-0.2, 0) is 10.8 Å². The summed E-state index contributed by atoms with van der Waals surface area (Å²) in [6, 6.07) is 7.20. The van der Waals surface area contributed by atoms with Crippen molar-refractivity contribution in [3.63, 3.8) is 0 Å². The largest absolute Gasteiger partial charge is 0.388 e. The minimum absolute atomic E-state index is 0.0319. The van der Waals surface area contributed by atoms with Crippen LogP contribution in [0.1, 0.15) is 17.3 Å². The molecule has 1 aromatic rings. The maximum absolute atomic E-state index is 11.7. The van der Waals surface area contributed by atoms with Gasteiger partial charge in [0.25, 0.3) is 5.91 Å². The molecule has 0 saturated carbocycles. The molecule has 0 aromatic heterocycles. The summed E-state index contributed by atoms with van der Waals surface area (Å²) in [6.45, 7) is 2.27. The van der Waals surface area contributed by atoms with Crippen LogP contribution in [0.5, 0.6) is 0 Å². The molecule has 0 fully saturated rings. The number of benzene rings is 1. The molecule has 4 nitrogen and oxygen atoms in total. The van der Waals surface area contributed by atoms with Gasteiger partial charge in [0.15, 0.2) is 0 Å². The van der Waals surface area contributed by atoms with E-state index in [1.807, 2.05) is 26.1 Å². The van der Waals surface area contributed by atoms with Crippen molar-refractivity contribution in [3.05, 3.63) is 29.8 Å². The molecule has 1 rings (SSSR count). The van der Waals surface area contributed by atoms with Crippen LogP contribution in [0.3, 0.4) is 0 Å². The third-order valence-electron chi connectivity index (χ3n) is 2.55. The number of nitrogens with one attached hydrogen (secondary N) is 2. The molecular formula is C12H18N2O2S. The van der Waals surface area contributed by atoms with Crippen LogP contribution < -0.4 is 10.6 Å². The monoisotopic (exact) mass is 254 g/mol. The van der Waals surface area contributed by atoms with Crippen LogP contribution in [0.25, 0.3) is 0 Å². The van der Waals surface area contributed by atoms with Gasteiger partial charge in [0.1, 0.15) is 0 Å². The lowest BCUT2D eigenvalue weighted by Gasteiger charge is -2.10. The Hall–Kier alpha value is -1.36. The van der Waals surface area contributed by atoms with Gasteiger partial charge in [-0.2, -0.15) is 0 Å². The highest BCUT2D eigenvalue weighted by molar-refractivity contribution is 7.84. The lowest BCUT2D eigenvalue weighted by atomic mass is 10.2. The van der Waals surface area contributed by atoms with Crippen molar-refractivity contribution in [2.75, 3.05) is 25.2 Å². The van der Waals surface area contributed by atoms with E-state index < -0.39 is 10.8 Å². The zero-order valence-electron chi connectivity index (χ0n) is 10.3. The van der Waals surface area contributed by atoms with E-state index in [9.17, 15) is 9.00 Å². The summed E-state index contributed by atoms with van der Waals surface area (Å²) in [5.41, 5.74) is 1.57. The molecule has 0 bridgehead atoms. The molecule has 1 amide bonds. The van der Waals surface area contributed by atoms with Gasteiger partial charge in [0.2, 0.25) is 0 Å². The van der Waals surface area contributed by atoms with Gasteiger partial charge in [-0.3, -0.25) is 9.00 Å². The first-order valence-corrected chi connectivity index (χ1v) is 7.05. The highest BCUT2D eigenvalue weighted by Gasteiger charge is 2.09. The number of hydrogen-bond donors (Lipinski definition) is 2. The topological polar surface area (TPSA) is 58.2 Å². The van der Waals surface area contributed by atoms with Crippen molar-refractivity contribution in [3.8, 4) is 0 Å². The Kier molecular flexibility index (Phi) is 5.15. The molecule has 0 aliphatic heterocycles. The van der Waals surface area contributed by atoms with Crippen LogP contribution >= 0.6 is 0 Å². The normalized spacial score (nSPS) is 13.8. The zero-order chi connectivity index (χ0) is 12.8. The summed E-state index contributed by atoms with van der Waals surface area (Å²) >= 11 is 0. The Morgan fingerprint density at radius 3 is 2.41 bits per heavy atom. The summed E-state index contributed by atoms with van der Waals surface area (Å²) in [4.78, 5) is 11.7. The Morgan fingerprint density at radius 2 is 1.94 bits per heavy atom. The minimum Gasteiger partial charge on any atom is -0.388 e. The second-order valence-corrected chi connectivity index (χ2v) is 5.65. The molecule has 0 spiro atoms. The van der Waals surface area contributed by atoms with Gasteiger partial charge in [0, 0.05) is 47.1 Å². The van der Waals surface area contributed by atoms with Crippen LogP contribution in [0, 0.1) is 0 Å². The Bertz CT molecular complexity index is 403. The van der Waals surface area contributed by atoms with E-state index in [2.05, 4.69) is 10.6 Å². The van der Waals surface area contributed by atoms with Crippen molar-refractivity contribution >= 4 is 22.4 Å². The molecule has 0 heterocycles. The van der Waals surface area contributed by atoms with Crippen LogP contribution in [-0.4, -0.2) is 35.2 Å². The van der Waals surface area contributed by atoms with Gasteiger partial charge in [-0.15, -0.1) is 0 Å². The predicted octanol–water partition coefficient (Wildman–Crippen LogP) is 1.23. The predicted molar refractivity (Wildman–Crippen MR) is 71.9 cm³/mol. The SMILES string of the molecule is CNc1ccc(C(=O)NCC(C)S(C)=O)cc1. The Labute approximate surface area is 104 Å². The standard InChI is InChI=1S/C12H18N2O2S/c1-9(17(3)16)8-14-12(15)10-4-6-11(13-2)7-5-10/h4-7,9,13H,8H2,1-3H3,(H,14,15). The average molecular weight is 254 g/mol. The highest BCUT2D eigenvalue weighted by atomic mass is 32.2. The highest BCUT2D eigenvalue weighted by Crippen LogP contribution is 2.08. The van der Waals surface area contributed by atoms with Gasteiger partial charge in [-0.25, -0.2) is 0 Å². The smallest absolute Gasteiger partial charge is 0.251 e. The van der Waals surface area contributed by atoms with Crippen molar-refractivity contribution < 1.29 is 9.00 Å². The molecule has 2 atom stereocenters. The number of carbonyl (C=O) groups is 1. The van der Waals surface area contributed by atoms with Gasteiger partial charge >= 0.3 is 0 Å². The molecule has 2 N–H and O–H groups in total. The van der Waals surface area contributed by atoms with Crippen LogP contribution in [0.4, 0.5) is 5.69 Å². The molecular weight excluding hydrogens is 236 g/mol. The van der Waals surface area contributed by atoms with Crippen LogP contribution in [0.2, 0.25) is 0 Å². The van der Waals surface area contributed by atoms with Crippen molar-refractivity contribution in [2.24, 2.45) is 0 Å². The summed E-state index contributed by atoms with van der Waals surface area (Å²) < 4.78 is 11.1. The minimum atomic E-state index is -0.913. The second-order valence-electron chi connectivity index (χ2n) is 3.85. The summed E-state index contributed by atoms with van der Waals surface area (Å²) in [7, 11) is 0.914. The van der Waals surface area contributed by atoms with E-state index in [0.29, 0.717) is 12.1 Å². The van der Waals surface area contributed by atoms with Crippen molar-refractivity contribution in [2.45, 2.75) is 12.2 Å². The molecule has 2 unspecified atom stereocenters. The van der Waals surface area contributed by atoms with E-state index in [0.717, 1.165) is 5.69 Å². The summed E-state index contributed by atoms with van der Waals surface area (Å²) in [5.74, 6) is -0.134. The lowest BCUT2D eigenvalue weighted by Crippen LogP contribution is -2.32. The van der Waals surface area contributed by atoms with E-state index in [-0.39, 0.29) is 11.2 Å². The van der Waals surface area contributed by atoms with E-state index in [4.69, 9.17) is 0 Å². The average Bonchev–Trinajstić information content (AvgIpc) is 2.35. The Balaban J connectivity index is 2.55. The van der Waals surface area contributed by atoms with Gasteiger partial charge < -0.3 is 10.6 Å². The number of hydrogen-bond acceptors (Lipinski definition) is 3. The summed E-state index contributed by atoms with van der Waals surface area (Å²) in [6.07, 6.45) is 1.64. The number of rotatable bonds is 5. The van der Waals surface area contributed by atoms with E-state index in [1.165, 1.54) is 0 Å². The first kappa shape index (κ1) is 13.7. The second kappa shape index (κ2) is 6.39. The van der Waals surface area contributed by atoms with Gasteiger partial charge in [0.05, 0.1) is 0 Å². The van der Waals surface area contributed by atoms with Gasteiger partial charge in [-0.05, 0) is 31.2 Å². The first-order valence-electron chi connectivity index (χ1n) is 5.43. The molecule has 94 valence electrons. The van der Waals surface area contributed by atoms with E-state index in [1.54, 1.807) is 18.4 Å². The lowest BCUT2D eigenvalue weighted by molar-refractivity contribution is 0.0954. The number of anilines is 1. The molecule has 0 saturated heterocycles. The fourth-order valence-electron chi connectivity index (χ4n) is 1.24. The van der Waals surface area contributed by atoms with Crippen molar-refractivity contribution in [1.29, 1.82) is 0 Å². The van der Waals surface area contributed by atoms with Crippen molar-refractivity contribution in [1.82, 2.24) is 5.32 Å². The fraction of sp³-hybridized carbons (Fsp3) is 0.417. The molecule has 5 heteroatoms. The summed E-state index contributed by atoms with van der Waals surface area (Å²) in [5, 5.41) is 5.72. The Morgan fingerprint density at radius 1 is 1.35 bits per heavy atom. The molecule has 17 heavy (non-hydrogen) atoms. The van der Waals surface area contributed by atoms with Crippen LogP contribution in [0.15, 0.2) is 24.3 Å². The third-order valence-corrected chi connectivity index (χ3v) is 3.85. The molecule has 0 aliphatic carbocycles. The quantitative estimate of drug-likeness (QED) is 0.831.